The number of nitrogens with one attached hydrogen (secondary N) is 3. The van der Waals surface area contributed by atoms with Gasteiger partial charge in [0.2, 0.25) is 0 Å². The SMILES string of the molecule is COc1ccccc1CNC(=O)c1[nH]cnc1C(=O)N[C@H]1CCCc2ccccc21. The number of carbonyl (C=O) groups excluding carboxylic acids is 2. The molecule has 1 aromatic heterocycles. The van der Waals surface area contributed by atoms with Crippen LogP contribution < -0.4 is 15.4 Å². The molecule has 0 spiro atoms. The van der Waals surface area contributed by atoms with E-state index in [9.17, 15) is 9.59 Å². The van der Waals surface area contributed by atoms with Gasteiger partial charge in [0.05, 0.1) is 19.5 Å². The molecule has 1 atom stereocenters. The molecule has 0 saturated carbocycles. The van der Waals surface area contributed by atoms with Crippen LogP contribution >= 0.6 is 0 Å². The molecule has 0 unspecified atom stereocenters. The van der Waals surface area contributed by atoms with Crippen LogP contribution in [0.25, 0.3) is 0 Å². The first-order valence-corrected chi connectivity index (χ1v) is 9.99. The zero-order valence-corrected chi connectivity index (χ0v) is 16.8. The summed E-state index contributed by atoms with van der Waals surface area (Å²) >= 11 is 0. The van der Waals surface area contributed by atoms with Gasteiger partial charge in [-0.25, -0.2) is 4.98 Å². The smallest absolute Gasteiger partial charge is 0.272 e. The molecule has 3 aromatic rings. The van der Waals surface area contributed by atoms with E-state index in [1.165, 1.54) is 11.9 Å². The van der Waals surface area contributed by atoms with Crippen LogP contribution in [0.5, 0.6) is 5.75 Å². The number of imidazole rings is 1. The monoisotopic (exact) mass is 404 g/mol. The van der Waals surface area contributed by atoms with Gasteiger partial charge in [0.1, 0.15) is 11.4 Å². The van der Waals surface area contributed by atoms with Crippen molar-refractivity contribution in [2.45, 2.75) is 31.8 Å². The van der Waals surface area contributed by atoms with Crippen LogP contribution in [0, 0.1) is 0 Å². The van der Waals surface area contributed by atoms with Crippen molar-refractivity contribution in [2.24, 2.45) is 0 Å². The molecule has 154 valence electrons. The van der Waals surface area contributed by atoms with E-state index in [1.54, 1.807) is 7.11 Å². The fourth-order valence-electron chi connectivity index (χ4n) is 3.88. The number of hydrogen-bond donors (Lipinski definition) is 3. The van der Waals surface area contributed by atoms with Gasteiger partial charge in [0.25, 0.3) is 11.8 Å². The van der Waals surface area contributed by atoms with E-state index in [4.69, 9.17) is 4.74 Å². The highest BCUT2D eigenvalue weighted by atomic mass is 16.5. The Hall–Kier alpha value is -3.61. The zero-order valence-electron chi connectivity index (χ0n) is 16.8. The average Bonchev–Trinajstić information content (AvgIpc) is 3.28. The minimum absolute atomic E-state index is 0.0800. The Balaban J connectivity index is 1.45. The lowest BCUT2D eigenvalue weighted by Crippen LogP contribution is -2.33. The molecule has 1 heterocycles. The maximum Gasteiger partial charge on any atom is 0.272 e. The average molecular weight is 404 g/mol. The summed E-state index contributed by atoms with van der Waals surface area (Å²) in [5, 5.41) is 5.86. The number of aromatic nitrogens is 2. The van der Waals surface area contributed by atoms with Gasteiger partial charge in [0, 0.05) is 12.1 Å². The first kappa shape index (κ1) is 19.7. The van der Waals surface area contributed by atoms with Crippen molar-refractivity contribution < 1.29 is 14.3 Å². The van der Waals surface area contributed by atoms with Gasteiger partial charge in [-0.15, -0.1) is 0 Å². The minimum atomic E-state index is -0.396. The molecule has 7 nitrogen and oxygen atoms in total. The van der Waals surface area contributed by atoms with Crippen molar-refractivity contribution in [1.82, 2.24) is 20.6 Å². The molecule has 2 amide bonds. The summed E-state index contributed by atoms with van der Waals surface area (Å²) in [4.78, 5) is 32.5. The van der Waals surface area contributed by atoms with Crippen LogP contribution in [-0.2, 0) is 13.0 Å². The van der Waals surface area contributed by atoms with Crippen LogP contribution in [0.2, 0.25) is 0 Å². The predicted molar refractivity (Wildman–Crippen MR) is 112 cm³/mol. The van der Waals surface area contributed by atoms with Gasteiger partial charge >= 0.3 is 0 Å². The highest BCUT2D eigenvalue weighted by Gasteiger charge is 2.26. The predicted octanol–water partition coefficient (Wildman–Crippen LogP) is 3.16. The lowest BCUT2D eigenvalue weighted by Gasteiger charge is -2.26. The third-order valence-corrected chi connectivity index (χ3v) is 5.39. The summed E-state index contributed by atoms with van der Waals surface area (Å²) in [7, 11) is 1.58. The fourth-order valence-corrected chi connectivity index (χ4v) is 3.88. The number of H-pyrrole nitrogens is 1. The number of amides is 2. The molecule has 0 bridgehead atoms. The summed E-state index contributed by atoms with van der Waals surface area (Å²) in [6, 6.07) is 15.5. The third-order valence-electron chi connectivity index (χ3n) is 5.39. The number of hydrogen-bond acceptors (Lipinski definition) is 4. The Labute approximate surface area is 174 Å². The number of benzene rings is 2. The van der Waals surface area contributed by atoms with Gasteiger partial charge in [-0.1, -0.05) is 42.5 Å². The van der Waals surface area contributed by atoms with Crippen molar-refractivity contribution in [2.75, 3.05) is 7.11 Å². The maximum absolute atomic E-state index is 12.9. The molecule has 0 saturated heterocycles. The number of aromatic amines is 1. The van der Waals surface area contributed by atoms with Crippen LogP contribution in [0.4, 0.5) is 0 Å². The Kier molecular flexibility index (Phi) is 5.79. The second kappa shape index (κ2) is 8.82. The lowest BCUT2D eigenvalue weighted by atomic mass is 9.87. The molecule has 30 heavy (non-hydrogen) atoms. The lowest BCUT2D eigenvalue weighted by molar-refractivity contribution is 0.0900. The molecule has 4 rings (SSSR count). The van der Waals surface area contributed by atoms with E-state index in [0.29, 0.717) is 5.75 Å². The number of methoxy groups -OCH3 is 1. The third kappa shape index (κ3) is 4.05. The normalized spacial score (nSPS) is 15.2. The van der Waals surface area contributed by atoms with Crippen molar-refractivity contribution in [3.8, 4) is 5.75 Å². The number of rotatable bonds is 6. The number of para-hydroxylation sites is 1. The van der Waals surface area contributed by atoms with Crippen molar-refractivity contribution >= 4 is 11.8 Å². The summed E-state index contributed by atoms with van der Waals surface area (Å²) in [5.41, 5.74) is 3.47. The number of fused-ring (bicyclic) bond motifs is 1. The Morgan fingerprint density at radius 1 is 1.13 bits per heavy atom. The molecule has 2 aromatic carbocycles. The summed E-state index contributed by atoms with van der Waals surface area (Å²) in [5.74, 6) is -0.0654. The van der Waals surface area contributed by atoms with Crippen LogP contribution in [-0.4, -0.2) is 28.9 Å². The standard InChI is InChI=1S/C23H24N4O3/c1-30-19-12-5-3-8-16(19)13-24-22(28)20-21(26-14-25-20)23(29)27-18-11-6-9-15-7-2-4-10-17(15)18/h2-5,7-8,10,12,14,18H,6,9,11,13H2,1H3,(H,24,28)(H,25,26)(H,27,29)/t18-/m0/s1. The summed E-state index contributed by atoms with van der Waals surface area (Å²) < 4.78 is 5.31. The van der Waals surface area contributed by atoms with E-state index < -0.39 is 5.91 Å². The first-order chi connectivity index (χ1) is 14.7. The quantitative estimate of drug-likeness (QED) is 0.588. The van der Waals surface area contributed by atoms with Crippen molar-refractivity contribution in [3.05, 3.63) is 82.9 Å². The van der Waals surface area contributed by atoms with Gasteiger partial charge in [-0.05, 0) is 36.5 Å². The van der Waals surface area contributed by atoms with E-state index in [-0.39, 0.29) is 29.9 Å². The molecule has 0 fully saturated rings. The topological polar surface area (TPSA) is 96.1 Å². The Bertz CT molecular complexity index is 1060. The van der Waals surface area contributed by atoms with Gasteiger partial charge in [-0.3, -0.25) is 9.59 Å². The molecule has 0 aliphatic heterocycles. The largest absolute Gasteiger partial charge is 0.496 e. The summed E-state index contributed by atoms with van der Waals surface area (Å²) in [6.45, 7) is 0.277. The second-order valence-electron chi connectivity index (χ2n) is 7.24. The maximum atomic E-state index is 12.9. The zero-order chi connectivity index (χ0) is 20.9. The number of aryl methyl sites for hydroxylation is 1. The van der Waals surface area contributed by atoms with Crippen LogP contribution in [0.3, 0.4) is 0 Å². The van der Waals surface area contributed by atoms with Crippen LogP contribution in [0.1, 0.15) is 56.6 Å². The molecular weight excluding hydrogens is 380 g/mol. The van der Waals surface area contributed by atoms with Gasteiger partial charge in [0.15, 0.2) is 5.69 Å². The summed E-state index contributed by atoms with van der Waals surface area (Å²) in [6.07, 6.45) is 4.25. The van der Waals surface area contributed by atoms with Gasteiger partial charge < -0.3 is 20.4 Å². The molecule has 1 aliphatic carbocycles. The second-order valence-corrected chi connectivity index (χ2v) is 7.24. The van der Waals surface area contributed by atoms with Crippen molar-refractivity contribution in [3.63, 3.8) is 0 Å². The van der Waals surface area contributed by atoms with E-state index >= 15 is 0 Å². The number of nitrogens with zero attached hydrogens (tertiary/aromatic N) is 1. The van der Waals surface area contributed by atoms with E-state index in [2.05, 4.69) is 26.7 Å². The number of carbonyl (C=O) groups is 2. The fraction of sp³-hybridized carbons (Fsp3) is 0.261. The Morgan fingerprint density at radius 2 is 1.93 bits per heavy atom. The molecule has 7 heteroatoms. The minimum Gasteiger partial charge on any atom is -0.496 e. The first-order valence-electron chi connectivity index (χ1n) is 9.99. The highest BCUT2D eigenvalue weighted by Crippen LogP contribution is 2.29. The molecule has 1 aliphatic rings. The van der Waals surface area contributed by atoms with Crippen LogP contribution in [0.15, 0.2) is 54.9 Å². The molecule has 3 N–H and O–H groups in total. The number of ether oxygens (including phenoxy) is 1. The molecular formula is C23H24N4O3. The van der Waals surface area contributed by atoms with Gasteiger partial charge in [-0.2, -0.15) is 0 Å². The van der Waals surface area contributed by atoms with E-state index in [0.717, 1.165) is 30.4 Å². The Morgan fingerprint density at radius 3 is 2.80 bits per heavy atom. The highest BCUT2D eigenvalue weighted by molar-refractivity contribution is 6.04. The van der Waals surface area contributed by atoms with Crippen molar-refractivity contribution in [1.29, 1.82) is 0 Å². The van der Waals surface area contributed by atoms with E-state index in [1.807, 2.05) is 42.5 Å². The molecule has 0 radical (unpaired) electrons.